The minimum Gasteiger partial charge on any atom is -0.314 e. The van der Waals surface area contributed by atoms with Gasteiger partial charge in [-0.05, 0) is 31.2 Å². The van der Waals surface area contributed by atoms with E-state index in [2.05, 4.69) is 56.6 Å². The Hall–Kier alpha value is -1.15. The number of aliphatic imine (C=N–C) groups is 1. The van der Waals surface area contributed by atoms with Crippen LogP contribution in [0.15, 0.2) is 29.3 Å². The van der Waals surface area contributed by atoms with E-state index in [0.29, 0.717) is 18.0 Å². The molecule has 2 heteroatoms. The number of rotatable bonds is 5. The second-order valence-electron chi connectivity index (χ2n) is 6.36. The highest BCUT2D eigenvalue weighted by molar-refractivity contribution is 5.79. The van der Waals surface area contributed by atoms with E-state index in [1.165, 1.54) is 36.8 Å². The Labute approximate surface area is 123 Å². The zero-order valence-electron chi connectivity index (χ0n) is 13.1. The number of hydrogen-bond acceptors (Lipinski definition) is 2. The van der Waals surface area contributed by atoms with E-state index in [0.717, 1.165) is 6.54 Å². The first kappa shape index (κ1) is 15.2. The average Bonchev–Trinajstić information content (AvgIpc) is 2.45. The number of hydrogen-bond donors (Lipinski definition) is 1. The normalized spacial score (nSPS) is 23.6. The van der Waals surface area contributed by atoms with Crippen LogP contribution in [0.1, 0.15) is 50.7 Å². The van der Waals surface area contributed by atoms with Crippen molar-refractivity contribution in [2.45, 2.75) is 58.5 Å². The van der Waals surface area contributed by atoms with Crippen LogP contribution in [0.5, 0.6) is 0 Å². The summed E-state index contributed by atoms with van der Waals surface area (Å²) in [6.45, 7) is 7.66. The molecule has 1 aliphatic rings. The van der Waals surface area contributed by atoms with E-state index in [-0.39, 0.29) is 0 Å². The first-order valence-corrected chi connectivity index (χ1v) is 7.98. The van der Waals surface area contributed by atoms with Crippen molar-refractivity contribution in [3.8, 4) is 0 Å². The fourth-order valence-corrected chi connectivity index (χ4v) is 2.84. The van der Waals surface area contributed by atoms with Gasteiger partial charge in [0.2, 0.25) is 0 Å². The second-order valence-corrected chi connectivity index (χ2v) is 6.36. The monoisotopic (exact) mass is 272 g/mol. The molecule has 0 radical (unpaired) electrons. The zero-order chi connectivity index (χ0) is 14.4. The third kappa shape index (κ3) is 4.75. The molecule has 1 aliphatic carbocycles. The van der Waals surface area contributed by atoms with E-state index < -0.39 is 0 Å². The molecule has 1 N–H and O–H groups in total. The minimum absolute atomic E-state index is 0.497. The second kappa shape index (κ2) is 7.58. The van der Waals surface area contributed by atoms with Crippen molar-refractivity contribution in [2.24, 2.45) is 10.9 Å². The van der Waals surface area contributed by atoms with E-state index in [1.54, 1.807) is 0 Å². The molecule has 0 heterocycles. The Morgan fingerprint density at radius 3 is 2.60 bits per heavy atom. The van der Waals surface area contributed by atoms with Gasteiger partial charge in [0.05, 0.1) is 6.04 Å². The molecule has 2 atom stereocenters. The van der Waals surface area contributed by atoms with Gasteiger partial charge < -0.3 is 5.32 Å². The van der Waals surface area contributed by atoms with Crippen molar-refractivity contribution < 1.29 is 0 Å². The van der Waals surface area contributed by atoms with E-state index in [9.17, 15) is 0 Å². The topological polar surface area (TPSA) is 24.4 Å². The van der Waals surface area contributed by atoms with Gasteiger partial charge in [0.1, 0.15) is 0 Å². The summed E-state index contributed by atoms with van der Waals surface area (Å²) in [5, 5.41) is 3.58. The van der Waals surface area contributed by atoms with Gasteiger partial charge >= 0.3 is 0 Å². The number of nitrogens with zero attached hydrogens (tertiary/aromatic N) is 1. The third-order valence-electron chi connectivity index (χ3n) is 4.15. The standard InChI is InChI=1S/C18H28N2/c1-14(2)19-13-17-6-4-5-7-18(17)20-12-16-10-8-15(3)9-11-16/h8-12,14,17-19H,4-7,13H2,1-3H3/t17-,18-/m1/s1. The molecule has 1 aromatic carbocycles. The van der Waals surface area contributed by atoms with Gasteiger partial charge in [-0.1, -0.05) is 56.5 Å². The van der Waals surface area contributed by atoms with Gasteiger partial charge in [-0.25, -0.2) is 0 Å². The van der Waals surface area contributed by atoms with Crippen molar-refractivity contribution in [3.05, 3.63) is 35.4 Å². The van der Waals surface area contributed by atoms with E-state index in [4.69, 9.17) is 4.99 Å². The van der Waals surface area contributed by atoms with Gasteiger partial charge in [-0.15, -0.1) is 0 Å². The van der Waals surface area contributed by atoms with Crippen LogP contribution in [0.3, 0.4) is 0 Å². The summed E-state index contributed by atoms with van der Waals surface area (Å²) < 4.78 is 0. The van der Waals surface area contributed by atoms with Crippen molar-refractivity contribution in [3.63, 3.8) is 0 Å². The summed E-state index contributed by atoms with van der Waals surface area (Å²) >= 11 is 0. The van der Waals surface area contributed by atoms with Gasteiger partial charge in [-0.2, -0.15) is 0 Å². The Morgan fingerprint density at radius 2 is 1.90 bits per heavy atom. The highest BCUT2D eigenvalue weighted by Gasteiger charge is 2.23. The lowest BCUT2D eigenvalue weighted by atomic mass is 9.84. The molecule has 2 rings (SSSR count). The number of benzene rings is 1. The predicted octanol–water partition coefficient (Wildman–Crippen LogP) is 3.97. The lowest BCUT2D eigenvalue weighted by Gasteiger charge is -2.29. The van der Waals surface area contributed by atoms with Crippen LogP contribution in [0.2, 0.25) is 0 Å². The molecule has 0 amide bonds. The Kier molecular flexibility index (Phi) is 5.78. The zero-order valence-corrected chi connectivity index (χ0v) is 13.1. The van der Waals surface area contributed by atoms with Crippen molar-refractivity contribution in [1.29, 1.82) is 0 Å². The fourth-order valence-electron chi connectivity index (χ4n) is 2.84. The maximum absolute atomic E-state index is 4.88. The third-order valence-corrected chi connectivity index (χ3v) is 4.15. The fraction of sp³-hybridized carbons (Fsp3) is 0.611. The summed E-state index contributed by atoms with van der Waals surface area (Å²) in [4.78, 5) is 4.88. The van der Waals surface area contributed by atoms with Gasteiger partial charge in [0, 0.05) is 18.8 Å². The Bertz CT molecular complexity index is 420. The van der Waals surface area contributed by atoms with Crippen LogP contribution in [-0.4, -0.2) is 24.8 Å². The molecular weight excluding hydrogens is 244 g/mol. The molecule has 1 aromatic rings. The molecule has 0 unspecified atom stereocenters. The molecule has 1 saturated carbocycles. The number of aryl methyl sites for hydroxylation is 1. The minimum atomic E-state index is 0.497. The van der Waals surface area contributed by atoms with Gasteiger partial charge in [0.15, 0.2) is 0 Å². The van der Waals surface area contributed by atoms with Gasteiger partial charge in [-0.3, -0.25) is 4.99 Å². The summed E-state index contributed by atoms with van der Waals surface area (Å²) in [7, 11) is 0. The Balaban J connectivity index is 1.95. The van der Waals surface area contributed by atoms with Crippen LogP contribution < -0.4 is 5.32 Å². The molecule has 1 fully saturated rings. The maximum atomic E-state index is 4.88. The smallest absolute Gasteiger partial charge is 0.0540 e. The average molecular weight is 272 g/mol. The van der Waals surface area contributed by atoms with Crippen LogP contribution in [0.4, 0.5) is 0 Å². The molecule has 0 saturated heterocycles. The molecule has 0 aliphatic heterocycles. The van der Waals surface area contributed by atoms with Crippen LogP contribution in [0, 0.1) is 12.8 Å². The molecule has 0 spiro atoms. The quantitative estimate of drug-likeness (QED) is 0.806. The molecule has 0 bridgehead atoms. The highest BCUT2D eigenvalue weighted by atomic mass is 14.9. The van der Waals surface area contributed by atoms with Crippen LogP contribution >= 0.6 is 0 Å². The van der Waals surface area contributed by atoms with Crippen molar-refractivity contribution in [1.82, 2.24) is 5.32 Å². The Morgan fingerprint density at radius 1 is 1.20 bits per heavy atom. The summed E-state index contributed by atoms with van der Waals surface area (Å²) in [6, 6.07) is 9.68. The van der Waals surface area contributed by atoms with Gasteiger partial charge in [0.25, 0.3) is 0 Å². The molecule has 20 heavy (non-hydrogen) atoms. The summed E-state index contributed by atoms with van der Waals surface area (Å²) in [6.07, 6.45) is 7.31. The summed E-state index contributed by atoms with van der Waals surface area (Å²) in [5.74, 6) is 0.702. The van der Waals surface area contributed by atoms with Crippen LogP contribution in [-0.2, 0) is 0 Å². The predicted molar refractivity (Wildman–Crippen MR) is 87.7 cm³/mol. The van der Waals surface area contributed by atoms with Crippen molar-refractivity contribution >= 4 is 6.21 Å². The molecule has 110 valence electrons. The molecule has 0 aromatic heterocycles. The highest BCUT2D eigenvalue weighted by Crippen LogP contribution is 2.26. The van der Waals surface area contributed by atoms with Crippen LogP contribution in [0.25, 0.3) is 0 Å². The first-order chi connectivity index (χ1) is 9.65. The van der Waals surface area contributed by atoms with Crippen molar-refractivity contribution in [2.75, 3.05) is 6.54 Å². The maximum Gasteiger partial charge on any atom is 0.0540 e. The molecular formula is C18H28N2. The lowest BCUT2D eigenvalue weighted by Crippen LogP contribution is -2.36. The number of nitrogens with one attached hydrogen (secondary N) is 1. The lowest BCUT2D eigenvalue weighted by molar-refractivity contribution is 0.293. The largest absolute Gasteiger partial charge is 0.314 e. The summed E-state index contributed by atoms with van der Waals surface area (Å²) in [5.41, 5.74) is 2.52. The molecule has 2 nitrogen and oxygen atoms in total. The first-order valence-electron chi connectivity index (χ1n) is 7.98. The van der Waals surface area contributed by atoms with E-state index in [1.807, 2.05) is 0 Å². The van der Waals surface area contributed by atoms with E-state index >= 15 is 0 Å². The SMILES string of the molecule is Cc1ccc(C=N[C@@H]2CCCC[C@@H]2CNC(C)C)cc1.